The summed E-state index contributed by atoms with van der Waals surface area (Å²) in [6, 6.07) is 11.7. The number of aromatic nitrogens is 4. The molecule has 0 N–H and O–H groups in total. The zero-order valence-electron chi connectivity index (χ0n) is 13.4. The predicted octanol–water partition coefficient (Wildman–Crippen LogP) is 3.31. The second-order valence-corrected chi connectivity index (χ2v) is 5.39. The lowest BCUT2D eigenvalue weighted by molar-refractivity contribution is 0.237. The van der Waals surface area contributed by atoms with E-state index in [1.165, 1.54) is 14.9 Å². The maximum Gasteiger partial charge on any atom is 0.369 e. The SMILES string of the molecule is CCc1nn(C(=O)n2cccn2)c(Cc2ccccc2)c1CC. The molecule has 5 heteroatoms. The monoisotopic (exact) mass is 308 g/mol. The summed E-state index contributed by atoms with van der Waals surface area (Å²) in [7, 11) is 0. The molecule has 0 saturated carbocycles. The molecule has 0 amide bonds. The van der Waals surface area contributed by atoms with Crippen molar-refractivity contribution in [2.24, 2.45) is 0 Å². The van der Waals surface area contributed by atoms with Gasteiger partial charge in [0.2, 0.25) is 0 Å². The standard InChI is InChI=1S/C18H20N4O/c1-3-15-16(4-2)20-22(18(23)21-12-8-11-19-21)17(15)13-14-9-6-5-7-10-14/h5-12H,3-4,13H2,1-2H3. The Kier molecular flexibility index (Phi) is 4.37. The molecule has 3 aromatic rings. The topological polar surface area (TPSA) is 52.7 Å². The van der Waals surface area contributed by atoms with Gasteiger partial charge in [0.25, 0.3) is 0 Å². The first kappa shape index (κ1) is 15.2. The van der Waals surface area contributed by atoms with E-state index in [2.05, 4.69) is 36.2 Å². The third-order valence-corrected chi connectivity index (χ3v) is 3.96. The Labute approximate surface area is 135 Å². The van der Waals surface area contributed by atoms with Crippen LogP contribution in [0.4, 0.5) is 4.79 Å². The first-order valence-electron chi connectivity index (χ1n) is 7.92. The van der Waals surface area contributed by atoms with Crippen molar-refractivity contribution < 1.29 is 4.79 Å². The van der Waals surface area contributed by atoms with Gasteiger partial charge in [-0.15, -0.1) is 0 Å². The van der Waals surface area contributed by atoms with Crippen molar-refractivity contribution in [3.8, 4) is 0 Å². The van der Waals surface area contributed by atoms with E-state index in [0.717, 1.165) is 29.8 Å². The maximum absolute atomic E-state index is 12.7. The largest absolute Gasteiger partial charge is 0.369 e. The fraction of sp³-hybridized carbons (Fsp3) is 0.278. The Bertz CT molecular complexity index is 788. The number of hydrogen-bond acceptors (Lipinski definition) is 3. The van der Waals surface area contributed by atoms with E-state index < -0.39 is 0 Å². The molecule has 0 fully saturated rings. The lowest BCUT2D eigenvalue weighted by atomic mass is 10.0. The third-order valence-electron chi connectivity index (χ3n) is 3.96. The molecule has 5 nitrogen and oxygen atoms in total. The molecule has 0 aliphatic carbocycles. The molecular weight excluding hydrogens is 288 g/mol. The summed E-state index contributed by atoms with van der Waals surface area (Å²) in [5, 5.41) is 8.60. The van der Waals surface area contributed by atoms with E-state index in [1.54, 1.807) is 18.5 Å². The van der Waals surface area contributed by atoms with Gasteiger partial charge in [-0.3, -0.25) is 0 Å². The molecule has 3 rings (SSSR count). The Morgan fingerprint density at radius 2 is 1.87 bits per heavy atom. The van der Waals surface area contributed by atoms with Crippen molar-refractivity contribution in [3.05, 3.63) is 71.3 Å². The van der Waals surface area contributed by atoms with Crippen LogP contribution in [0.15, 0.2) is 48.8 Å². The highest BCUT2D eigenvalue weighted by atomic mass is 16.2. The quantitative estimate of drug-likeness (QED) is 0.743. The van der Waals surface area contributed by atoms with E-state index in [-0.39, 0.29) is 6.03 Å². The average Bonchev–Trinajstić information content (AvgIpc) is 3.23. The van der Waals surface area contributed by atoms with Gasteiger partial charge >= 0.3 is 6.03 Å². The smallest absolute Gasteiger partial charge is 0.244 e. The highest BCUT2D eigenvalue weighted by molar-refractivity contribution is 5.78. The van der Waals surface area contributed by atoms with Crippen LogP contribution in [0.2, 0.25) is 0 Å². The zero-order chi connectivity index (χ0) is 16.2. The Balaban J connectivity index is 2.07. The first-order valence-corrected chi connectivity index (χ1v) is 7.92. The van der Waals surface area contributed by atoms with Gasteiger partial charge in [-0.05, 0) is 30.0 Å². The molecule has 23 heavy (non-hydrogen) atoms. The summed E-state index contributed by atoms with van der Waals surface area (Å²) in [5.74, 6) is 0. The summed E-state index contributed by atoms with van der Waals surface area (Å²) >= 11 is 0. The molecule has 2 aromatic heterocycles. The number of benzene rings is 1. The zero-order valence-corrected chi connectivity index (χ0v) is 13.4. The summed E-state index contributed by atoms with van der Waals surface area (Å²) in [4.78, 5) is 12.7. The van der Waals surface area contributed by atoms with E-state index >= 15 is 0 Å². The van der Waals surface area contributed by atoms with E-state index in [4.69, 9.17) is 0 Å². The second kappa shape index (κ2) is 6.60. The Morgan fingerprint density at radius 3 is 2.48 bits per heavy atom. The Hall–Kier alpha value is -2.69. The van der Waals surface area contributed by atoms with Crippen molar-refractivity contribution in [2.45, 2.75) is 33.1 Å². The summed E-state index contributed by atoms with van der Waals surface area (Å²) in [5.41, 5.74) is 4.27. The van der Waals surface area contributed by atoms with Crippen LogP contribution in [0.1, 0.15) is 36.4 Å². The van der Waals surface area contributed by atoms with E-state index in [9.17, 15) is 4.79 Å². The summed E-state index contributed by atoms with van der Waals surface area (Å²) < 4.78 is 2.83. The molecule has 0 spiro atoms. The van der Waals surface area contributed by atoms with Crippen LogP contribution in [0.5, 0.6) is 0 Å². The number of carbonyl (C=O) groups is 1. The molecule has 0 unspecified atom stereocenters. The molecule has 0 aliphatic rings. The minimum Gasteiger partial charge on any atom is -0.244 e. The average molecular weight is 308 g/mol. The van der Waals surface area contributed by atoms with Crippen LogP contribution in [-0.2, 0) is 19.3 Å². The molecule has 0 saturated heterocycles. The van der Waals surface area contributed by atoms with Gasteiger partial charge in [-0.25, -0.2) is 4.79 Å². The molecule has 0 aliphatic heterocycles. The van der Waals surface area contributed by atoms with Crippen molar-refractivity contribution in [1.29, 1.82) is 0 Å². The van der Waals surface area contributed by atoms with Crippen LogP contribution in [-0.4, -0.2) is 25.6 Å². The van der Waals surface area contributed by atoms with Crippen molar-refractivity contribution in [2.75, 3.05) is 0 Å². The molecule has 0 radical (unpaired) electrons. The lowest BCUT2D eigenvalue weighted by Gasteiger charge is -2.08. The molecule has 118 valence electrons. The minimum absolute atomic E-state index is 0.240. The van der Waals surface area contributed by atoms with Crippen molar-refractivity contribution >= 4 is 6.03 Å². The molecular formula is C18H20N4O. The number of carbonyl (C=O) groups excluding carboxylic acids is 1. The van der Waals surface area contributed by atoms with Gasteiger partial charge < -0.3 is 0 Å². The number of aryl methyl sites for hydroxylation is 1. The molecule has 0 bridgehead atoms. The van der Waals surface area contributed by atoms with Gasteiger partial charge in [0.05, 0.1) is 11.4 Å². The fourth-order valence-corrected chi connectivity index (χ4v) is 2.84. The van der Waals surface area contributed by atoms with Crippen LogP contribution in [0, 0.1) is 0 Å². The van der Waals surface area contributed by atoms with Crippen molar-refractivity contribution in [3.63, 3.8) is 0 Å². The minimum atomic E-state index is -0.240. The van der Waals surface area contributed by atoms with E-state index in [0.29, 0.717) is 6.42 Å². The van der Waals surface area contributed by atoms with Gasteiger partial charge in [0.1, 0.15) is 0 Å². The van der Waals surface area contributed by atoms with Crippen LogP contribution in [0.25, 0.3) is 0 Å². The Morgan fingerprint density at radius 1 is 1.09 bits per heavy atom. The second-order valence-electron chi connectivity index (χ2n) is 5.39. The van der Waals surface area contributed by atoms with Crippen LogP contribution >= 0.6 is 0 Å². The normalized spacial score (nSPS) is 10.9. The summed E-state index contributed by atoms with van der Waals surface area (Å²) in [6.07, 6.45) is 5.60. The molecule has 2 heterocycles. The lowest BCUT2D eigenvalue weighted by Crippen LogP contribution is -2.23. The van der Waals surface area contributed by atoms with Gasteiger partial charge in [0.15, 0.2) is 0 Å². The van der Waals surface area contributed by atoms with Gasteiger partial charge in [0, 0.05) is 18.8 Å². The van der Waals surface area contributed by atoms with Gasteiger partial charge in [-0.2, -0.15) is 19.6 Å². The van der Waals surface area contributed by atoms with Gasteiger partial charge in [-0.1, -0.05) is 44.2 Å². The molecule has 1 aromatic carbocycles. The molecule has 0 atom stereocenters. The number of nitrogens with zero attached hydrogens (tertiary/aromatic N) is 4. The predicted molar refractivity (Wildman–Crippen MR) is 88.7 cm³/mol. The fourth-order valence-electron chi connectivity index (χ4n) is 2.84. The van der Waals surface area contributed by atoms with Crippen LogP contribution in [0.3, 0.4) is 0 Å². The number of hydrogen-bond donors (Lipinski definition) is 0. The third kappa shape index (κ3) is 2.95. The highest BCUT2D eigenvalue weighted by Crippen LogP contribution is 2.20. The summed E-state index contributed by atoms with van der Waals surface area (Å²) in [6.45, 7) is 4.17. The van der Waals surface area contributed by atoms with Crippen molar-refractivity contribution in [1.82, 2.24) is 19.6 Å². The van der Waals surface area contributed by atoms with E-state index in [1.807, 2.05) is 18.2 Å². The maximum atomic E-state index is 12.7. The highest BCUT2D eigenvalue weighted by Gasteiger charge is 2.21. The number of rotatable bonds is 4. The first-order chi connectivity index (χ1) is 11.2. The van der Waals surface area contributed by atoms with Crippen LogP contribution < -0.4 is 0 Å².